The van der Waals surface area contributed by atoms with E-state index in [1.807, 2.05) is 0 Å². The number of hydrogen-bond donors (Lipinski definition) is 1. The number of esters is 1. The molecular formula is C13H17ClFNO2. The molecule has 0 aromatic heterocycles. The van der Waals surface area contributed by atoms with E-state index in [2.05, 4.69) is 5.32 Å². The molecule has 5 heteroatoms. The van der Waals surface area contributed by atoms with Gasteiger partial charge in [-0.15, -0.1) is 0 Å². The highest BCUT2D eigenvalue weighted by Crippen LogP contribution is 2.21. The number of nitrogens with one attached hydrogen (secondary N) is 1. The van der Waals surface area contributed by atoms with E-state index in [-0.39, 0.29) is 23.1 Å². The summed E-state index contributed by atoms with van der Waals surface area (Å²) in [5.74, 6) is -0.833. The van der Waals surface area contributed by atoms with Gasteiger partial charge in [0.25, 0.3) is 0 Å². The molecule has 1 aromatic carbocycles. The topological polar surface area (TPSA) is 38.3 Å². The Morgan fingerprint density at radius 1 is 1.44 bits per heavy atom. The summed E-state index contributed by atoms with van der Waals surface area (Å²) in [6.45, 7) is 5.70. The Morgan fingerprint density at radius 2 is 2.11 bits per heavy atom. The van der Waals surface area contributed by atoms with Crippen LogP contribution in [-0.4, -0.2) is 18.1 Å². The fraction of sp³-hybridized carbons (Fsp3) is 0.462. The van der Waals surface area contributed by atoms with E-state index in [9.17, 15) is 9.18 Å². The molecule has 1 aromatic rings. The van der Waals surface area contributed by atoms with Crippen LogP contribution in [0, 0.1) is 5.82 Å². The lowest BCUT2D eigenvalue weighted by molar-refractivity contribution is -0.154. The first-order valence-electron chi connectivity index (χ1n) is 5.69. The summed E-state index contributed by atoms with van der Waals surface area (Å²) in [7, 11) is 0. The lowest BCUT2D eigenvalue weighted by atomic mass is 10.2. The van der Waals surface area contributed by atoms with Gasteiger partial charge in [-0.3, -0.25) is 4.79 Å². The molecule has 0 spiro atoms. The molecule has 3 nitrogen and oxygen atoms in total. The second kappa shape index (κ2) is 6.05. The minimum absolute atomic E-state index is 0.0530. The van der Waals surface area contributed by atoms with Crippen molar-refractivity contribution in [2.45, 2.75) is 32.8 Å². The van der Waals surface area contributed by atoms with Crippen molar-refractivity contribution in [3.63, 3.8) is 0 Å². The zero-order valence-corrected chi connectivity index (χ0v) is 11.5. The van der Waals surface area contributed by atoms with E-state index in [4.69, 9.17) is 16.3 Å². The van der Waals surface area contributed by atoms with Gasteiger partial charge in [0.05, 0.1) is 17.1 Å². The standard InChI is InChI=1S/C13H17ClFNO2/c1-13(2,3)18-11(17)7-8-16-10-6-4-5-9(14)12(10)15/h4-6,16H,7-8H2,1-3H3. The Labute approximate surface area is 111 Å². The average Bonchev–Trinajstić information content (AvgIpc) is 2.21. The Kier molecular flexibility index (Phi) is 4.96. The van der Waals surface area contributed by atoms with Crippen LogP contribution in [0.1, 0.15) is 27.2 Å². The first-order chi connectivity index (χ1) is 8.29. The minimum Gasteiger partial charge on any atom is -0.460 e. The van der Waals surface area contributed by atoms with Crippen LogP contribution in [0.25, 0.3) is 0 Å². The zero-order valence-electron chi connectivity index (χ0n) is 10.7. The van der Waals surface area contributed by atoms with Crippen LogP contribution >= 0.6 is 11.6 Å². The molecule has 0 saturated heterocycles. The largest absolute Gasteiger partial charge is 0.460 e. The van der Waals surface area contributed by atoms with E-state index < -0.39 is 11.4 Å². The average molecular weight is 274 g/mol. The summed E-state index contributed by atoms with van der Waals surface area (Å²) in [6, 6.07) is 4.67. The molecule has 0 amide bonds. The molecule has 0 unspecified atom stereocenters. The van der Waals surface area contributed by atoms with Crippen molar-refractivity contribution in [1.82, 2.24) is 0 Å². The van der Waals surface area contributed by atoms with Crippen molar-refractivity contribution in [2.75, 3.05) is 11.9 Å². The fourth-order valence-electron chi connectivity index (χ4n) is 1.33. The monoisotopic (exact) mass is 273 g/mol. The van der Waals surface area contributed by atoms with Crippen LogP contribution in [-0.2, 0) is 9.53 Å². The molecule has 100 valence electrons. The summed E-state index contributed by atoms with van der Waals surface area (Å²) in [4.78, 5) is 11.4. The van der Waals surface area contributed by atoms with E-state index >= 15 is 0 Å². The number of benzene rings is 1. The summed E-state index contributed by atoms with van der Waals surface area (Å²) in [6.07, 6.45) is 0.170. The molecule has 0 saturated carbocycles. The quantitative estimate of drug-likeness (QED) is 0.852. The first kappa shape index (κ1) is 14.8. The second-order valence-electron chi connectivity index (χ2n) is 4.86. The number of carbonyl (C=O) groups is 1. The summed E-state index contributed by atoms with van der Waals surface area (Å²) in [5, 5.41) is 2.86. The van der Waals surface area contributed by atoms with Gasteiger partial charge in [0.1, 0.15) is 5.60 Å². The Bertz CT molecular complexity index is 429. The summed E-state index contributed by atoms with van der Waals surface area (Å²) >= 11 is 5.64. The zero-order chi connectivity index (χ0) is 13.8. The molecule has 0 aliphatic rings. The van der Waals surface area contributed by atoms with E-state index in [1.54, 1.807) is 32.9 Å². The van der Waals surface area contributed by atoms with E-state index in [0.29, 0.717) is 6.54 Å². The van der Waals surface area contributed by atoms with Gasteiger partial charge in [0.15, 0.2) is 5.82 Å². The van der Waals surface area contributed by atoms with Crippen LogP contribution in [0.5, 0.6) is 0 Å². The number of rotatable bonds is 4. The third kappa shape index (κ3) is 4.92. The minimum atomic E-state index is -0.511. The lowest BCUT2D eigenvalue weighted by Crippen LogP contribution is -2.25. The first-order valence-corrected chi connectivity index (χ1v) is 6.07. The molecule has 0 aliphatic carbocycles. The summed E-state index contributed by atoms with van der Waals surface area (Å²) < 4.78 is 18.6. The Morgan fingerprint density at radius 3 is 2.72 bits per heavy atom. The normalized spacial score (nSPS) is 11.2. The third-order valence-corrected chi connectivity index (χ3v) is 2.31. The molecule has 18 heavy (non-hydrogen) atoms. The van der Waals surface area contributed by atoms with Gasteiger partial charge in [0.2, 0.25) is 0 Å². The number of ether oxygens (including phenoxy) is 1. The fourth-order valence-corrected chi connectivity index (χ4v) is 1.51. The predicted octanol–water partition coefficient (Wildman–Crippen LogP) is 3.62. The molecule has 0 aliphatic heterocycles. The molecule has 0 fully saturated rings. The predicted molar refractivity (Wildman–Crippen MR) is 70.4 cm³/mol. The van der Waals surface area contributed by atoms with Crippen LogP contribution in [0.15, 0.2) is 18.2 Å². The van der Waals surface area contributed by atoms with Crippen molar-refractivity contribution in [3.05, 3.63) is 29.0 Å². The van der Waals surface area contributed by atoms with Crippen LogP contribution in [0.4, 0.5) is 10.1 Å². The number of hydrogen-bond acceptors (Lipinski definition) is 3. The van der Waals surface area contributed by atoms with Crippen molar-refractivity contribution in [1.29, 1.82) is 0 Å². The summed E-state index contributed by atoms with van der Waals surface area (Å²) in [5.41, 5.74) is -0.218. The molecule has 0 radical (unpaired) electrons. The molecule has 0 heterocycles. The van der Waals surface area contributed by atoms with Gasteiger partial charge in [0, 0.05) is 6.54 Å². The maximum Gasteiger partial charge on any atom is 0.308 e. The van der Waals surface area contributed by atoms with E-state index in [1.165, 1.54) is 6.07 Å². The molecule has 0 atom stereocenters. The lowest BCUT2D eigenvalue weighted by Gasteiger charge is -2.19. The van der Waals surface area contributed by atoms with Crippen LogP contribution < -0.4 is 5.32 Å². The van der Waals surface area contributed by atoms with Crippen molar-refractivity contribution < 1.29 is 13.9 Å². The van der Waals surface area contributed by atoms with Gasteiger partial charge in [-0.25, -0.2) is 4.39 Å². The third-order valence-electron chi connectivity index (χ3n) is 2.02. The Hall–Kier alpha value is -1.29. The number of halogens is 2. The van der Waals surface area contributed by atoms with Gasteiger partial charge in [-0.05, 0) is 32.9 Å². The highest BCUT2D eigenvalue weighted by atomic mass is 35.5. The van der Waals surface area contributed by atoms with E-state index in [0.717, 1.165) is 0 Å². The van der Waals surface area contributed by atoms with Crippen LogP contribution in [0.3, 0.4) is 0 Å². The Balaban J connectivity index is 2.43. The molecule has 1 N–H and O–H groups in total. The smallest absolute Gasteiger partial charge is 0.308 e. The molecule has 1 rings (SSSR count). The maximum atomic E-state index is 13.5. The van der Waals surface area contributed by atoms with Crippen molar-refractivity contribution in [3.8, 4) is 0 Å². The highest BCUT2D eigenvalue weighted by molar-refractivity contribution is 6.31. The highest BCUT2D eigenvalue weighted by Gasteiger charge is 2.15. The SMILES string of the molecule is CC(C)(C)OC(=O)CCNc1cccc(Cl)c1F. The van der Waals surface area contributed by atoms with Crippen molar-refractivity contribution in [2.24, 2.45) is 0 Å². The maximum absolute atomic E-state index is 13.5. The number of anilines is 1. The van der Waals surface area contributed by atoms with Gasteiger partial charge >= 0.3 is 5.97 Å². The van der Waals surface area contributed by atoms with Crippen LogP contribution in [0.2, 0.25) is 5.02 Å². The van der Waals surface area contributed by atoms with Gasteiger partial charge in [-0.1, -0.05) is 17.7 Å². The van der Waals surface area contributed by atoms with Gasteiger partial charge in [-0.2, -0.15) is 0 Å². The van der Waals surface area contributed by atoms with Gasteiger partial charge < -0.3 is 10.1 Å². The second-order valence-corrected chi connectivity index (χ2v) is 5.27. The van der Waals surface area contributed by atoms with Crippen molar-refractivity contribution >= 4 is 23.3 Å². The molecular weight excluding hydrogens is 257 g/mol. The molecule has 0 bridgehead atoms. The number of carbonyl (C=O) groups excluding carboxylic acids is 1.